The number of hydrogen-bond donors (Lipinski definition) is 0. The molecular formula is C22H40O4. The first-order valence-electron chi connectivity index (χ1n) is 10.6. The summed E-state index contributed by atoms with van der Waals surface area (Å²) in [6, 6.07) is 0. The normalized spacial score (nSPS) is 11.4. The minimum absolute atomic E-state index is 0.149. The first-order chi connectivity index (χ1) is 12.3. The Balaban J connectivity index is 3.50. The predicted molar refractivity (Wildman–Crippen MR) is 106 cm³/mol. The molecule has 0 aromatic rings. The van der Waals surface area contributed by atoms with Gasteiger partial charge in [0.2, 0.25) is 5.78 Å². The zero-order chi connectivity index (χ0) is 19.8. The Morgan fingerprint density at radius 2 is 1.04 bits per heavy atom. The van der Waals surface area contributed by atoms with E-state index in [0.717, 1.165) is 12.8 Å². The van der Waals surface area contributed by atoms with E-state index in [4.69, 9.17) is 4.74 Å². The number of carbonyl (C=O) groups is 3. The van der Waals surface area contributed by atoms with Crippen LogP contribution in [0.2, 0.25) is 0 Å². The Bertz CT molecular complexity index is 407. The molecule has 0 saturated heterocycles. The molecule has 0 spiro atoms. The fourth-order valence-electron chi connectivity index (χ4n) is 2.86. The molecule has 0 aliphatic rings. The molecule has 0 N–H and O–H groups in total. The summed E-state index contributed by atoms with van der Waals surface area (Å²) >= 11 is 0. The largest absolute Gasteiger partial charge is 0.454 e. The molecule has 152 valence electrons. The van der Waals surface area contributed by atoms with Gasteiger partial charge in [-0.1, -0.05) is 84.0 Å². The predicted octanol–water partition coefficient (Wildman–Crippen LogP) is 5.95. The number of esters is 1. The van der Waals surface area contributed by atoms with Crippen molar-refractivity contribution in [1.29, 1.82) is 0 Å². The molecule has 26 heavy (non-hydrogen) atoms. The molecule has 0 aromatic carbocycles. The van der Waals surface area contributed by atoms with Crippen molar-refractivity contribution in [2.45, 2.75) is 123 Å². The lowest BCUT2D eigenvalue weighted by Gasteiger charge is -2.18. The van der Waals surface area contributed by atoms with Crippen LogP contribution in [-0.2, 0) is 19.1 Å². The smallest absolute Gasteiger partial charge is 0.383 e. The number of hydrogen-bond acceptors (Lipinski definition) is 4. The molecule has 4 nitrogen and oxygen atoms in total. The number of carbonyl (C=O) groups excluding carboxylic acids is 3. The van der Waals surface area contributed by atoms with Gasteiger partial charge < -0.3 is 4.74 Å². The van der Waals surface area contributed by atoms with Gasteiger partial charge in [-0.15, -0.1) is 0 Å². The lowest BCUT2D eigenvalue weighted by molar-refractivity contribution is -0.164. The lowest BCUT2D eigenvalue weighted by atomic mass is 10.0. The van der Waals surface area contributed by atoms with Crippen LogP contribution in [0.4, 0.5) is 0 Å². The summed E-state index contributed by atoms with van der Waals surface area (Å²) in [6.45, 7) is 7.27. The molecule has 0 aliphatic carbocycles. The maximum absolute atomic E-state index is 11.7. The molecule has 0 atom stereocenters. The summed E-state index contributed by atoms with van der Waals surface area (Å²) in [5, 5.41) is 0. The summed E-state index contributed by atoms with van der Waals surface area (Å²) in [6.07, 6.45) is 16.1. The van der Waals surface area contributed by atoms with Crippen LogP contribution in [0.3, 0.4) is 0 Å². The third-order valence-electron chi connectivity index (χ3n) is 4.34. The molecular weight excluding hydrogens is 328 g/mol. The minimum atomic E-state index is -1.03. The third kappa shape index (κ3) is 15.1. The van der Waals surface area contributed by atoms with Gasteiger partial charge in [0.15, 0.2) is 0 Å². The Kier molecular flexibility index (Phi) is 14.2. The van der Waals surface area contributed by atoms with Crippen LogP contribution in [-0.4, -0.2) is 23.1 Å². The van der Waals surface area contributed by atoms with Crippen LogP contribution in [0.1, 0.15) is 118 Å². The second kappa shape index (κ2) is 14.9. The summed E-state index contributed by atoms with van der Waals surface area (Å²) in [5.74, 6) is -2.67. The molecule has 0 bridgehead atoms. The van der Waals surface area contributed by atoms with Gasteiger partial charge in [-0.2, -0.15) is 0 Å². The summed E-state index contributed by atoms with van der Waals surface area (Å²) in [4.78, 5) is 34.9. The van der Waals surface area contributed by atoms with E-state index in [1.807, 2.05) is 0 Å². The third-order valence-corrected chi connectivity index (χ3v) is 4.34. The Labute approximate surface area is 160 Å². The van der Waals surface area contributed by atoms with Crippen molar-refractivity contribution in [1.82, 2.24) is 0 Å². The second-order valence-corrected chi connectivity index (χ2v) is 8.25. The van der Waals surface area contributed by atoms with Crippen molar-refractivity contribution in [3.05, 3.63) is 0 Å². The fraction of sp³-hybridized carbons (Fsp3) is 0.864. The first kappa shape index (κ1) is 24.8. The SMILES string of the molecule is CCCCCCCCCCCCCCCC(=O)C(=O)C(=O)OC(C)(C)C. The molecule has 0 radical (unpaired) electrons. The van der Waals surface area contributed by atoms with Gasteiger partial charge in [0.1, 0.15) is 5.60 Å². The van der Waals surface area contributed by atoms with Crippen molar-refractivity contribution in [3.8, 4) is 0 Å². The fourth-order valence-corrected chi connectivity index (χ4v) is 2.86. The molecule has 0 rings (SSSR count). The van der Waals surface area contributed by atoms with Crippen molar-refractivity contribution in [2.24, 2.45) is 0 Å². The van der Waals surface area contributed by atoms with E-state index in [9.17, 15) is 14.4 Å². The molecule has 0 unspecified atom stereocenters. The lowest BCUT2D eigenvalue weighted by Crippen LogP contribution is -2.32. The molecule has 0 heterocycles. The van der Waals surface area contributed by atoms with Crippen LogP contribution in [0.25, 0.3) is 0 Å². The average Bonchev–Trinajstić information content (AvgIpc) is 2.56. The number of rotatable bonds is 16. The van der Waals surface area contributed by atoms with Crippen molar-refractivity contribution in [3.63, 3.8) is 0 Å². The van der Waals surface area contributed by atoms with Gasteiger partial charge in [0.25, 0.3) is 0 Å². The Morgan fingerprint density at radius 3 is 1.42 bits per heavy atom. The van der Waals surface area contributed by atoms with Crippen LogP contribution >= 0.6 is 0 Å². The molecule has 4 heteroatoms. The summed E-state index contributed by atoms with van der Waals surface area (Å²) in [7, 11) is 0. The zero-order valence-electron chi connectivity index (χ0n) is 17.5. The highest BCUT2D eigenvalue weighted by Crippen LogP contribution is 2.13. The first-order valence-corrected chi connectivity index (χ1v) is 10.6. The number of ketones is 2. The number of Topliss-reactive ketones (excluding diaryl/α,β-unsaturated/α-hetero) is 2. The van der Waals surface area contributed by atoms with E-state index in [2.05, 4.69) is 6.92 Å². The second-order valence-electron chi connectivity index (χ2n) is 8.25. The molecule has 0 aromatic heterocycles. The van der Waals surface area contributed by atoms with E-state index >= 15 is 0 Å². The molecule has 0 aliphatic heterocycles. The maximum atomic E-state index is 11.7. The van der Waals surface area contributed by atoms with Crippen molar-refractivity contribution in [2.75, 3.05) is 0 Å². The minimum Gasteiger partial charge on any atom is -0.454 e. The molecule has 0 amide bonds. The molecule has 0 saturated carbocycles. The van der Waals surface area contributed by atoms with Gasteiger partial charge in [-0.3, -0.25) is 9.59 Å². The molecule has 0 fully saturated rings. The van der Waals surface area contributed by atoms with Crippen LogP contribution in [0.5, 0.6) is 0 Å². The van der Waals surface area contributed by atoms with Gasteiger partial charge in [-0.25, -0.2) is 4.79 Å². The summed E-state index contributed by atoms with van der Waals surface area (Å²) in [5.41, 5.74) is -0.747. The van der Waals surface area contributed by atoms with Crippen LogP contribution in [0, 0.1) is 0 Å². The van der Waals surface area contributed by atoms with E-state index < -0.39 is 23.1 Å². The number of unbranched alkanes of at least 4 members (excludes halogenated alkanes) is 12. The van der Waals surface area contributed by atoms with Gasteiger partial charge >= 0.3 is 11.8 Å². The number of ether oxygens (including phenoxy) is 1. The Hall–Kier alpha value is -1.19. The Morgan fingerprint density at radius 1 is 0.654 bits per heavy atom. The van der Waals surface area contributed by atoms with E-state index in [1.54, 1.807) is 20.8 Å². The quantitative estimate of drug-likeness (QED) is 0.146. The maximum Gasteiger partial charge on any atom is 0.383 e. The van der Waals surface area contributed by atoms with Crippen LogP contribution in [0.15, 0.2) is 0 Å². The highest BCUT2D eigenvalue weighted by molar-refractivity contribution is 6.62. The zero-order valence-corrected chi connectivity index (χ0v) is 17.5. The van der Waals surface area contributed by atoms with E-state index in [-0.39, 0.29) is 6.42 Å². The van der Waals surface area contributed by atoms with Gasteiger partial charge in [0.05, 0.1) is 0 Å². The van der Waals surface area contributed by atoms with E-state index in [1.165, 1.54) is 64.2 Å². The van der Waals surface area contributed by atoms with Crippen molar-refractivity contribution < 1.29 is 19.1 Å². The van der Waals surface area contributed by atoms with Crippen LogP contribution < -0.4 is 0 Å². The monoisotopic (exact) mass is 368 g/mol. The van der Waals surface area contributed by atoms with E-state index in [0.29, 0.717) is 6.42 Å². The van der Waals surface area contributed by atoms with Gasteiger partial charge in [-0.05, 0) is 27.2 Å². The van der Waals surface area contributed by atoms with Crippen molar-refractivity contribution >= 4 is 17.5 Å². The average molecular weight is 369 g/mol. The highest BCUT2D eigenvalue weighted by atomic mass is 16.6. The highest BCUT2D eigenvalue weighted by Gasteiger charge is 2.27. The van der Waals surface area contributed by atoms with Gasteiger partial charge in [0, 0.05) is 6.42 Å². The topological polar surface area (TPSA) is 60.4 Å². The standard InChI is InChI=1S/C22H40O4/c1-5-6-7-8-9-10-11-12-13-14-15-16-17-18-19(23)20(24)21(25)26-22(2,3)4/h5-18H2,1-4H3. The summed E-state index contributed by atoms with van der Waals surface area (Å²) < 4.78 is 4.93.